The summed E-state index contributed by atoms with van der Waals surface area (Å²) in [5.41, 5.74) is 3.42. The fraction of sp³-hybridized carbons (Fsp3) is 0.435. The SMILES string of the molecule is CC(C)(C)CC(NC(=O)c1ccccc1)c1ccc(C(C)(C)C)cc1. The Morgan fingerprint density at radius 1 is 0.880 bits per heavy atom. The van der Waals surface area contributed by atoms with Gasteiger partial charge in [0.1, 0.15) is 0 Å². The first-order valence-electron chi connectivity index (χ1n) is 9.03. The van der Waals surface area contributed by atoms with Crippen LogP contribution in [0.1, 0.15) is 75.5 Å². The molecule has 25 heavy (non-hydrogen) atoms. The quantitative estimate of drug-likeness (QED) is 0.740. The Morgan fingerprint density at radius 2 is 1.44 bits per heavy atom. The van der Waals surface area contributed by atoms with E-state index in [9.17, 15) is 4.79 Å². The van der Waals surface area contributed by atoms with Crippen LogP contribution in [0, 0.1) is 5.41 Å². The van der Waals surface area contributed by atoms with Gasteiger partial charge in [-0.15, -0.1) is 0 Å². The van der Waals surface area contributed by atoms with Crippen LogP contribution in [0.5, 0.6) is 0 Å². The van der Waals surface area contributed by atoms with Gasteiger partial charge in [0.2, 0.25) is 0 Å². The van der Waals surface area contributed by atoms with Crippen molar-refractivity contribution in [3.05, 3.63) is 71.3 Å². The molecule has 0 aliphatic rings. The molecule has 0 fully saturated rings. The lowest BCUT2D eigenvalue weighted by atomic mass is 9.83. The standard InChI is InChI=1S/C23H31NO/c1-22(2,3)16-20(24-21(25)18-10-8-7-9-11-18)17-12-14-19(15-13-17)23(4,5)6/h7-15,20H,16H2,1-6H3,(H,24,25). The van der Waals surface area contributed by atoms with E-state index in [0.29, 0.717) is 5.56 Å². The topological polar surface area (TPSA) is 29.1 Å². The van der Waals surface area contributed by atoms with Crippen LogP contribution in [0.4, 0.5) is 0 Å². The van der Waals surface area contributed by atoms with E-state index in [-0.39, 0.29) is 22.8 Å². The molecular weight excluding hydrogens is 306 g/mol. The molecule has 2 heteroatoms. The molecule has 0 aliphatic heterocycles. The Hall–Kier alpha value is -2.09. The molecule has 0 aromatic heterocycles. The third-order valence-electron chi connectivity index (χ3n) is 4.34. The lowest BCUT2D eigenvalue weighted by Crippen LogP contribution is -2.31. The molecule has 0 heterocycles. The van der Waals surface area contributed by atoms with Crippen LogP contribution in [-0.2, 0) is 5.41 Å². The summed E-state index contributed by atoms with van der Waals surface area (Å²) in [6.07, 6.45) is 0.889. The first kappa shape index (κ1) is 19.2. The van der Waals surface area contributed by atoms with Crippen molar-refractivity contribution in [3.8, 4) is 0 Å². The van der Waals surface area contributed by atoms with Crippen molar-refractivity contribution in [2.75, 3.05) is 0 Å². The van der Waals surface area contributed by atoms with Gasteiger partial charge in [-0.25, -0.2) is 0 Å². The zero-order chi connectivity index (χ0) is 18.7. The van der Waals surface area contributed by atoms with Crippen molar-refractivity contribution < 1.29 is 4.79 Å². The highest BCUT2D eigenvalue weighted by Crippen LogP contribution is 2.31. The van der Waals surface area contributed by atoms with Crippen LogP contribution >= 0.6 is 0 Å². The van der Waals surface area contributed by atoms with E-state index in [4.69, 9.17) is 0 Å². The number of hydrogen-bond acceptors (Lipinski definition) is 1. The highest BCUT2D eigenvalue weighted by Gasteiger charge is 2.23. The van der Waals surface area contributed by atoms with E-state index in [1.807, 2.05) is 30.3 Å². The maximum absolute atomic E-state index is 12.6. The van der Waals surface area contributed by atoms with Gasteiger partial charge in [-0.1, -0.05) is 84.0 Å². The van der Waals surface area contributed by atoms with Gasteiger partial charge in [-0.05, 0) is 40.5 Å². The summed E-state index contributed by atoms with van der Waals surface area (Å²) >= 11 is 0. The van der Waals surface area contributed by atoms with Crippen molar-refractivity contribution in [3.63, 3.8) is 0 Å². The van der Waals surface area contributed by atoms with Gasteiger partial charge in [0.05, 0.1) is 6.04 Å². The van der Waals surface area contributed by atoms with Crippen LogP contribution < -0.4 is 5.32 Å². The molecule has 1 amide bonds. The Kier molecular flexibility index (Phi) is 5.72. The minimum atomic E-state index is -0.0188. The third kappa shape index (κ3) is 5.74. The van der Waals surface area contributed by atoms with Crippen LogP contribution in [0.3, 0.4) is 0 Å². The smallest absolute Gasteiger partial charge is 0.251 e. The Bertz CT molecular complexity index is 688. The second-order valence-electron chi connectivity index (χ2n) is 9.03. The molecule has 0 bridgehead atoms. The number of rotatable bonds is 4. The van der Waals surface area contributed by atoms with Crippen LogP contribution in [0.15, 0.2) is 54.6 Å². The number of amides is 1. The summed E-state index contributed by atoms with van der Waals surface area (Å²) in [5.74, 6) is -0.0188. The molecule has 0 saturated heterocycles. The highest BCUT2D eigenvalue weighted by atomic mass is 16.1. The molecule has 0 radical (unpaired) electrons. The molecule has 2 nitrogen and oxygen atoms in total. The average Bonchev–Trinajstić information content (AvgIpc) is 2.53. The summed E-state index contributed by atoms with van der Waals surface area (Å²) < 4.78 is 0. The zero-order valence-corrected chi connectivity index (χ0v) is 16.4. The predicted octanol–water partition coefficient (Wildman–Crippen LogP) is 5.89. The fourth-order valence-electron chi connectivity index (χ4n) is 2.91. The summed E-state index contributed by atoms with van der Waals surface area (Å²) in [7, 11) is 0. The first-order valence-corrected chi connectivity index (χ1v) is 9.03. The van der Waals surface area contributed by atoms with Crippen molar-refractivity contribution in [1.29, 1.82) is 0 Å². The normalized spacial score (nSPS) is 13.4. The van der Waals surface area contributed by atoms with Gasteiger partial charge in [-0.3, -0.25) is 4.79 Å². The molecule has 1 atom stereocenters. The zero-order valence-electron chi connectivity index (χ0n) is 16.4. The predicted molar refractivity (Wildman–Crippen MR) is 106 cm³/mol. The Morgan fingerprint density at radius 3 is 1.92 bits per heavy atom. The van der Waals surface area contributed by atoms with Gasteiger partial charge in [0, 0.05) is 5.56 Å². The molecule has 1 unspecified atom stereocenters. The van der Waals surface area contributed by atoms with Gasteiger partial charge in [0.25, 0.3) is 5.91 Å². The summed E-state index contributed by atoms with van der Waals surface area (Å²) in [6, 6.07) is 18.1. The highest BCUT2D eigenvalue weighted by molar-refractivity contribution is 5.94. The van der Waals surface area contributed by atoms with Gasteiger partial charge in [-0.2, -0.15) is 0 Å². The molecule has 2 aromatic rings. The van der Waals surface area contributed by atoms with E-state index in [0.717, 1.165) is 12.0 Å². The molecular formula is C23H31NO. The monoisotopic (exact) mass is 337 g/mol. The third-order valence-corrected chi connectivity index (χ3v) is 4.34. The minimum Gasteiger partial charge on any atom is -0.345 e. The molecule has 1 N–H and O–H groups in total. The number of hydrogen-bond donors (Lipinski definition) is 1. The first-order chi connectivity index (χ1) is 11.6. The molecule has 0 spiro atoms. The number of carbonyl (C=O) groups excluding carboxylic acids is 1. The lowest BCUT2D eigenvalue weighted by molar-refractivity contribution is 0.0926. The van der Waals surface area contributed by atoms with E-state index >= 15 is 0 Å². The van der Waals surface area contributed by atoms with Crippen molar-refractivity contribution in [2.45, 2.75) is 59.4 Å². The molecule has 2 rings (SSSR count). The average molecular weight is 338 g/mol. The maximum atomic E-state index is 12.6. The maximum Gasteiger partial charge on any atom is 0.251 e. The summed E-state index contributed by atoms with van der Waals surface area (Å²) in [6.45, 7) is 13.3. The fourth-order valence-corrected chi connectivity index (χ4v) is 2.91. The Labute approximate surface area is 152 Å². The lowest BCUT2D eigenvalue weighted by Gasteiger charge is -2.28. The summed E-state index contributed by atoms with van der Waals surface area (Å²) in [5, 5.41) is 3.23. The second kappa shape index (κ2) is 7.43. The number of benzene rings is 2. The van der Waals surface area contributed by atoms with Gasteiger partial charge >= 0.3 is 0 Å². The largest absolute Gasteiger partial charge is 0.345 e. The van der Waals surface area contributed by atoms with Crippen molar-refractivity contribution in [2.24, 2.45) is 5.41 Å². The van der Waals surface area contributed by atoms with Crippen molar-refractivity contribution >= 4 is 5.91 Å². The number of nitrogens with one attached hydrogen (secondary N) is 1. The van der Waals surface area contributed by atoms with E-state index in [1.54, 1.807) is 0 Å². The summed E-state index contributed by atoms with van der Waals surface area (Å²) in [4.78, 5) is 12.6. The van der Waals surface area contributed by atoms with Gasteiger partial charge < -0.3 is 5.32 Å². The molecule has 134 valence electrons. The molecule has 0 aliphatic carbocycles. The van der Waals surface area contributed by atoms with Crippen LogP contribution in [-0.4, -0.2) is 5.91 Å². The van der Waals surface area contributed by atoms with Crippen molar-refractivity contribution in [1.82, 2.24) is 5.32 Å². The molecule has 2 aromatic carbocycles. The van der Waals surface area contributed by atoms with Gasteiger partial charge in [0.15, 0.2) is 0 Å². The number of carbonyl (C=O) groups is 1. The second-order valence-corrected chi connectivity index (χ2v) is 9.03. The Balaban J connectivity index is 2.25. The minimum absolute atomic E-state index is 0.00160. The van der Waals surface area contributed by atoms with E-state index < -0.39 is 0 Å². The van der Waals surface area contributed by atoms with Crippen LogP contribution in [0.2, 0.25) is 0 Å². The van der Waals surface area contributed by atoms with E-state index in [1.165, 1.54) is 5.56 Å². The van der Waals surface area contributed by atoms with E-state index in [2.05, 4.69) is 71.1 Å². The molecule has 0 saturated carbocycles. The van der Waals surface area contributed by atoms with Crippen LogP contribution in [0.25, 0.3) is 0 Å².